The molecule has 5 nitrogen and oxygen atoms in total. The molecule has 2 unspecified atom stereocenters. The maximum Gasteiger partial charge on any atom is 0.327 e. The number of ether oxygens (including phenoxy) is 1. The van der Waals surface area contributed by atoms with E-state index in [1.54, 1.807) is 11.3 Å². The maximum atomic E-state index is 13.3. The van der Waals surface area contributed by atoms with Crippen molar-refractivity contribution in [1.82, 2.24) is 0 Å². The fraction of sp³-hybridized carbons (Fsp3) is 0.538. The van der Waals surface area contributed by atoms with Crippen LogP contribution in [0.2, 0.25) is 0 Å². The second kappa shape index (κ2) is 9.80. The number of anilines is 1. The van der Waals surface area contributed by atoms with Crippen LogP contribution >= 0.6 is 23.1 Å². The van der Waals surface area contributed by atoms with Gasteiger partial charge in [-0.3, -0.25) is 9.59 Å². The van der Waals surface area contributed by atoms with Gasteiger partial charge >= 0.3 is 5.97 Å². The fourth-order valence-electron chi connectivity index (χ4n) is 4.16. The quantitative estimate of drug-likeness (QED) is 0.306. The van der Waals surface area contributed by atoms with Gasteiger partial charge in [0.15, 0.2) is 11.0 Å². The average Bonchev–Trinajstić information content (AvgIpc) is 3.18. The fourth-order valence-corrected chi connectivity index (χ4v) is 6.39. The molecule has 1 fully saturated rings. The second-order valence-electron chi connectivity index (χ2n) is 10.3. The summed E-state index contributed by atoms with van der Waals surface area (Å²) in [5.74, 6) is -0.527. The Labute approximate surface area is 205 Å². The van der Waals surface area contributed by atoms with Gasteiger partial charge in [0.2, 0.25) is 0 Å². The van der Waals surface area contributed by atoms with E-state index < -0.39 is 16.8 Å². The topological polar surface area (TPSA) is 89.6 Å². The number of Topliss-reactive ketones (excluding diaryl/α,β-unsaturated/α-hetero) is 1. The Morgan fingerprint density at radius 1 is 1.24 bits per heavy atom. The lowest BCUT2D eigenvalue weighted by molar-refractivity contribution is -0.176. The number of aryl methyl sites for hydroxylation is 2. The summed E-state index contributed by atoms with van der Waals surface area (Å²) in [6, 6.07) is 7.83. The van der Waals surface area contributed by atoms with Crippen LogP contribution in [-0.4, -0.2) is 27.7 Å². The number of carbonyl (C=O) groups is 2. The molecule has 1 aromatic heterocycles. The third-order valence-electron chi connectivity index (χ3n) is 6.42. The number of hydrogen-bond acceptors (Lipinski definition) is 7. The van der Waals surface area contributed by atoms with Gasteiger partial charge in [-0.1, -0.05) is 34.6 Å². The van der Waals surface area contributed by atoms with E-state index in [-0.39, 0.29) is 30.1 Å². The molecule has 0 radical (unpaired) electrons. The molecule has 0 saturated carbocycles. The van der Waals surface area contributed by atoms with Crippen molar-refractivity contribution in [3.05, 3.63) is 45.1 Å². The van der Waals surface area contributed by atoms with Crippen molar-refractivity contribution >= 4 is 40.5 Å². The summed E-state index contributed by atoms with van der Waals surface area (Å²) in [6.45, 7) is 12.2. The first-order valence-corrected chi connectivity index (χ1v) is 13.1. The minimum absolute atomic E-state index is 0.0116. The summed E-state index contributed by atoms with van der Waals surface area (Å²) >= 11 is 2.84. The molecule has 7 heteroatoms. The van der Waals surface area contributed by atoms with Gasteiger partial charge in [0.1, 0.15) is 5.60 Å². The number of aliphatic hydroxyl groups excluding tert-OH is 1. The molecule has 2 aromatic rings. The Morgan fingerprint density at radius 3 is 2.45 bits per heavy atom. The van der Waals surface area contributed by atoms with Crippen molar-refractivity contribution in [1.29, 1.82) is 0 Å². The Morgan fingerprint density at radius 2 is 1.91 bits per heavy atom. The van der Waals surface area contributed by atoms with Crippen LogP contribution in [0.1, 0.15) is 68.3 Å². The van der Waals surface area contributed by atoms with Gasteiger partial charge < -0.3 is 15.6 Å². The molecule has 2 atom stereocenters. The Bertz CT molecular complexity index is 1020. The summed E-state index contributed by atoms with van der Waals surface area (Å²) in [5.41, 5.74) is 7.82. The molecule has 0 spiro atoms. The lowest BCUT2D eigenvalue weighted by Gasteiger charge is -2.41. The number of rotatable bonds is 7. The molecule has 1 saturated heterocycles. The highest BCUT2D eigenvalue weighted by Gasteiger charge is 2.49. The number of thiophene rings is 1. The number of nitrogens with two attached hydrogens (primary N) is 1. The molecule has 0 bridgehead atoms. The highest BCUT2D eigenvalue weighted by molar-refractivity contribution is 8.01. The number of cyclic esters (lactones) is 1. The minimum Gasteiger partial charge on any atom is -0.457 e. The molecule has 1 aromatic carbocycles. The van der Waals surface area contributed by atoms with Crippen molar-refractivity contribution < 1.29 is 19.4 Å². The van der Waals surface area contributed by atoms with Gasteiger partial charge in [-0.25, -0.2) is 0 Å². The lowest BCUT2D eigenvalue weighted by Crippen LogP contribution is -2.52. The lowest BCUT2D eigenvalue weighted by atomic mass is 9.79. The number of carbonyl (C=O) groups excluding carboxylic acids is 2. The Hall–Kier alpha value is -1.83. The molecule has 2 heterocycles. The van der Waals surface area contributed by atoms with E-state index in [1.807, 2.05) is 45.0 Å². The van der Waals surface area contributed by atoms with E-state index in [0.29, 0.717) is 18.5 Å². The van der Waals surface area contributed by atoms with E-state index in [2.05, 4.69) is 20.8 Å². The molecule has 33 heavy (non-hydrogen) atoms. The van der Waals surface area contributed by atoms with Gasteiger partial charge in [-0.05, 0) is 66.5 Å². The molecule has 1 aliphatic rings. The predicted octanol–water partition coefficient (Wildman–Crippen LogP) is 5.43. The van der Waals surface area contributed by atoms with Gasteiger partial charge in [0.05, 0.1) is 6.61 Å². The number of aliphatic hydroxyl groups is 1. The Kier molecular flexibility index (Phi) is 7.66. The summed E-state index contributed by atoms with van der Waals surface area (Å²) in [4.78, 5) is 29.4. The molecule has 3 N–H and O–H groups in total. The molecule has 3 rings (SSSR count). The van der Waals surface area contributed by atoms with Crippen molar-refractivity contribution in [2.24, 2.45) is 5.92 Å². The van der Waals surface area contributed by atoms with Crippen molar-refractivity contribution in [3.63, 3.8) is 0 Å². The van der Waals surface area contributed by atoms with Gasteiger partial charge in [0, 0.05) is 26.8 Å². The Balaban J connectivity index is 1.82. The van der Waals surface area contributed by atoms with Crippen LogP contribution in [-0.2, 0) is 32.8 Å². The first-order valence-electron chi connectivity index (χ1n) is 11.4. The number of ketones is 1. The van der Waals surface area contributed by atoms with Gasteiger partial charge in [-0.15, -0.1) is 23.1 Å². The van der Waals surface area contributed by atoms with Crippen LogP contribution in [0.25, 0.3) is 0 Å². The number of hydrogen-bond donors (Lipinski definition) is 2. The highest BCUT2D eigenvalue weighted by Crippen LogP contribution is 2.43. The second-order valence-corrected chi connectivity index (χ2v) is 12.7. The van der Waals surface area contributed by atoms with Gasteiger partial charge in [0.25, 0.3) is 0 Å². The van der Waals surface area contributed by atoms with Crippen LogP contribution in [0.15, 0.2) is 29.2 Å². The highest BCUT2D eigenvalue weighted by atomic mass is 32.2. The maximum absolute atomic E-state index is 13.3. The van der Waals surface area contributed by atoms with Crippen LogP contribution in [0.5, 0.6) is 0 Å². The van der Waals surface area contributed by atoms with E-state index in [4.69, 9.17) is 10.5 Å². The first kappa shape index (κ1) is 25.8. The molecular formula is C26H35NO4S2. The zero-order valence-electron chi connectivity index (χ0n) is 20.4. The molecule has 180 valence electrons. The summed E-state index contributed by atoms with van der Waals surface area (Å²) in [6.07, 6.45) is 1.50. The van der Waals surface area contributed by atoms with E-state index in [9.17, 15) is 14.7 Å². The smallest absolute Gasteiger partial charge is 0.327 e. The van der Waals surface area contributed by atoms with Crippen molar-refractivity contribution in [3.8, 4) is 0 Å². The van der Waals surface area contributed by atoms with Crippen LogP contribution in [0, 0.1) is 12.8 Å². The number of benzene rings is 1. The molecule has 0 amide bonds. The van der Waals surface area contributed by atoms with E-state index in [0.717, 1.165) is 25.8 Å². The third kappa shape index (κ3) is 5.64. The largest absolute Gasteiger partial charge is 0.457 e. The molecule has 1 aliphatic heterocycles. The SMILES string of the molecule is Cc1cc(SC2C(=O)CC(CCc3ccc(CO)s3)(C(C)C)OC2=O)c(C(C)(C)C)cc1N. The predicted molar refractivity (Wildman–Crippen MR) is 136 cm³/mol. The number of nitrogen functional groups attached to an aromatic ring is 1. The van der Waals surface area contributed by atoms with Crippen molar-refractivity contribution in [2.45, 2.75) is 88.6 Å². The minimum atomic E-state index is -0.872. The number of thioether (sulfide) groups is 1. The molecular weight excluding hydrogens is 454 g/mol. The van der Waals surface area contributed by atoms with Crippen molar-refractivity contribution in [2.75, 3.05) is 5.73 Å². The summed E-state index contributed by atoms with van der Waals surface area (Å²) in [5, 5.41) is 8.44. The van der Waals surface area contributed by atoms with Gasteiger partial charge in [-0.2, -0.15) is 0 Å². The van der Waals surface area contributed by atoms with E-state index in [1.165, 1.54) is 11.8 Å². The number of esters is 1. The van der Waals surface area contributed by atoms with Crippen LogP contribution in [0.3, 0.4) is 0 Å². The van der Waals surface area contributed by atoms with Crippen LogP contribution in [0.4, 0.5) is 5.69 Å². The monoisotopic (exact) mass is 489 g/mol. The first-order chi connectivity index (χ1) is 15.4. The molecule has 0 aliphatic carbocycles. The normalized spacial score (nSPS) is 21.5. The standard InChI is InChI=1S/C26H35NO4S2/c1-15(2)26(10-9-17-7-8-18(14-28)32-17)13-21(29)23(24(30)31-26)33-22-11-16(3)20(27)12-19(22)25(4,5)6/h7-8,11-12,15,23,28H,9-10,13-14,27H2,1-6H3. The zero-order valence-corrected chi connectivity index (χ0v) is 22.0. The third-order valence-corrected chi connectivity index (χ3v) is 8.84. The zero-order chi connectivity index (χ0) is 24.6. The summed E-state index contributed by atoms with van der Waals surface area (Å²) < 4.78 is 6.07. The summed E-state index contributed by atoms with van der Waals surface area (Å²) in [7, 11) is 0. The average molecular weight is 490 g/mol. The van der Waals surface area contributed by atoms with Crippen LogP contribution < -0.4 is 5.73 Å². The van der Waals surface area contributed by atoms with E-state index >= 15 is 0 Å².